The number of nitrogens with zero attached hydrogens (tertiary/aromatic N) is 1. The van der Waals surface area contributed by atoms with E-state index in [2.05, 4.69) is 0 Å². The normalized spacial score (nSPS) is 15.9. The van der Waals surface area contributed by atoms with Gasteiger partial charge in [0.25, 0.3) is 5.91 Å². The van der Waals surface area contributed by atoms with Crippen LogP contribution in [0.2, 0.25) is 5.02 Å². The molecule has 0 radical (unpaired) electrons. The molecule has 0 aliphatic carbocycles. The zero-order valence-electron chi connectivity index (χ0n) is 20.5. The minimum Gasteiger partial charge on any atom is -0.503 e. The van der Waals surface area contributed by atoms with E-state index in [1.807, 2.05) is 20.8 Å². The van der Waals surface area contributed by atoms with E-state index in [1.54, 1.807) is 42.5 Å². The Morgan fingerprint density at radius 3 is 2.64 bits per heavy atom. The fraction of sp³-hybridized carbons (Fsp3) is 0.333. The Labute approximate surface area is 214 Å². The highest BCUT2D eigenvalue weighted by molar-refractivity contribution is 6.31. The van der Waals surface area contributed by atoms with Crippen LogP contribution in [-0.4, -0.2) is 54.7 Å². The van der Waals surface area contributed by atoms with Gasteiger partial charge in [0.1, 0.15) is 5.58 Å². The summed E-state index contributed by atoms with van der Waals surface area (Å²) in [6.07, 6.45) is -0.0796. The van der Waals surface area contributed by atoms with E-state index in [0.717, 1.165) is 0 Å². The Morgan fingerprint density at radius 1 is 1.17 bits per heavy atom. The summed E-state index contributed by atoms with van der Waals surface area (Å²) < 4.78 is 22.6. The van der Waals surface area contributed by atoms with Crippen molar-refractivity contribution < 1.29 is 33.3 Å². The molecule has 1 unspecified atom stereocenters. The molecule has 4 rings (SSSR count). The van der Waals surface area contributed by atoms with Gasteiger partial charge in [-0.1, -0.05) is 17.7 Å². The number of hydrogen-bond donors (Lipinski definition) is 1. The second-order valence-electron chi connectivity index (χ2n) is 8.58. The van der Waals surface area contributed by atoms with Crippen molar-refractivity contribution in [3.8, 4) is 11.5 Å². The van der Waals surface area contributed by atoms with Gasteiger partial charge in [-0.2, -0.15) is 0 Å². The summed E-state index contributed by atoms with van der Waals surface area (Å²) in [5, 5.41) is 12.0. The average Bonchev–Trinajstić information content (AvgIpc) is 3.37. The Bertz CT molecular complexity index is 1330. The fourth-order valence-corrected chi connectivity index (χ4v) is 4.41. The van der Waals surface area contributed by atoms with E-state index < -0.39 is 23.5 Å². The maximum atomic E-state index is 13.7. The average molecular weight is 514 g/mol. The van der Waals surface area contributed by atoms with Gasteiger partial charge in [0, 0.05) is 24.1 Å². The van der Waals surface area contributed by atoms with Crippen LogP contribution in [-0.2, 0) is 9.53 Å². The summed E-state index contributed by atoms with van der Waals surface area (Å²) >= 11 is 6.07. The highest BCUT2D eigenvalue weighted by atomic mass is 35.5. The number of carbonyl (C=O) groups is 2. The molecule has 1 N–H and O–H groups in total. The van der Waals surface area contributed by atoms with Gasteiger partial charge in [0.2, 0.25) is 5.78 Å². The fourth-order valence-electron chi connectivity index (χ4n) is 4.23. The smallest absolute Gasteiger partial charge is 0.290 e. The number of fused-ring (bicyclic) bond motifs is 1. The molecule has 8 nitrogen and oxygen atoms in total. The van der Waals surface area contributed by atoms with Crippen molar-refractivity contribution in [3.05, 3.63) is 70.1 Å². The van der Waals surface area contributed by atoms with Crippen molar-refractivity contribution in [3.63, 3.8) is 0 Å². The molecule has 9 heteroatoms. The van der Waals surface area contributed by atoms with Gasteiger partial charge in [0.15, 0.2) is 23.0 Å². The van der Waals surface area contributed by atoms with Crippen LogP contribution in [0.1, 0.15) is 42.9 Å². The summed E-state index contributed by atoms with van der Waals surface area (Å²) in [7, 11) is 1.51. The van der Waals surface area contributed by atoms with Gasteiger partial charge >= 0.3 is 0 Å². The molecule has 0 fully saturated rings. The van der Waals surface area contributed by atoms with E-state index >= 15 is 0 Å². The SMILES string of the molecule is CCOc1cc(C2C(C(=O)c3cc4cc(Cl)ccc4o3)=C(O)C(=O)N2CCOC)ccc1OC(C)C. The van der Waals surface area contributed by atoms with Gasteiger partial charge in [-0.25, -0.2) is 0 Å². The Kier molecular flexibility index (Phi) is 7.56. The zero-order valence-corrected chi connectivity index (χ0v) is 21.3. The van der Waals surface area contributed by atoms with Crippen molar-refractivity contribution in [2.45, 2.75) is 32.9 Å². The third-order valence-electron chi connectivity index (χ3n) is 5.73. The highest BCUT2D eigenvalue weighted by Crippen LogP contribution is 2.42. The van der Waals surface area contributed by atoms with E-state index in [4.69, 9.17) is 30.2 Å². The predicted octanol–water partition coefficient (Wildman–Crippen LogP) is 5.50. The number of carbonyl (C=O) groups excluding carboxylic acids is 2. The summed E-state index contributed by atoms with van der Waals surface area (Å²) in [4.78, 5) is 28.2. The lowest BCUT2D eigenvalue weighted by atomic mass is 9.94. The van der Waals surface area contributed by atoms with Gasteiger partial charge in [-0.3, -0.25) is 9.59 Å². The van der Waals surface area contributed by atoms with Crippen LogP contribution in [0.25, 0.3) is 11.0 Å². The minimum atomic E-state index is -0.885. The number of ether oxygens (including phenoxy) is 3. The van der Waals surface area contributed by atoms with Crippen LogP contribution in [0.4, 0.5) is 0 Å². The van der Waals surface area contributed by atoms with Gasteiger partial charge in [0.05, 0.1) is 30.9 Å². The number of Topliss-reactive ketones (excluding diaryl/α,β-unsaturated/α-hetero) is 1. The van der Waals surface area contributed by atoms with Crippen LogP contribution < -0.4 is 9.47 Å². The zero-order chi connectivity index (χ0) is 26.0. The molecule has 1 aromatic heterocycles. The van der Waals surface area contributed by atoms with Gasteiger partial charge < -0.3 is 28.6 Å². The van der Waals surface area contributed by atoms with E-state index in [-0.39, 0.29) is 30.6 Å². The quantitative estimate of drug-likeness (QED) is 0.357. The summed E-state index contributed by atoms with van der Waals surface area (Å²) in [5.41, 5.74) is 0.959. The van der Waals surface area contributed by atoms with Crippen LogP contribution in [0.3, 0.4) is 0 Å². The summed E-state index contributed by atoms with van der Waals surface area (Å²) in [6.45, 7) is 6.43. The molecule has 1 amide bonds. The number of benzene rings is 2. The number of ketones is 1. The second kappa shape index (κ2) is 10.6. The molecule has 190 valence electrons. The first kappa shape index (κ1) is 25.6. The van der Waals surface area contributed by atoms with Crippen LogP contribution in [0, 0.1) is 0 Å². The van der Waals surface area contributed by atoms with Crippen molar-refractivity contribution >= 4 is 34.3 Å². The molecule has 0 saturated heterocycles. The third kappa shape index (κ3) is 4.92. The lowest BCUT2D eigenvalue weighted by Crippen LogP contribution is -2.34. The molecule has 3 aromatic rings. The van der Waals surface area contributed by atoms with Crippen molar-refractivity contribution in [2.24, 2.45) is 0 Å². The highest BCUT2D eigenvalue weighted by Gasteiger charge is 2.44. The van der Waals surface area contributed by atoms with Crippen LogP contribution >= 0.6 is 11.6 Å². The molecular formula is C27H28ClNO7. The minimum absolute atomic E-state index is 0.00926. The number of methoxy groups -OCH3 is 1. The number of amides is 1. The molecule has 2 aromatic carbocycles. The van der Waals surface area contributed by atoms with Crippen LogP contribution in [0.15, 0.2) is 58.2 Å². The van der Waals surface area contributed by atoms with Crippen molar-refractivity contribution in [1.82, 2.24) is 4.90 Å². The first-order chi connectivity index (χ1) is 17.2. The Hall–Kier alpha value is -3.49. The van der Waals surface area contributed by atoms with Crippen molar-refractivity contribution in [2.75, 3.05) is 26.9 Å². The molecule has 2 heterocycles. The number of furan rings is 1. The number of hydrogen-bond acceptors (Lipinski definition) is 7. The maximum absolute atomic E-state index is 13.7. The second-order valence-corrected chi connectivity index (χ2v) is 9.02. The first-order valence-corrected chi connectivity index (χ1v) is 12.0. The molecule has 36 heavy (non-hydrogen) atoms. The largest absolute Gasteiger partial charge is 0.503 e. The summed E-state index contributed by atoms with van der Waals surface area (Å²) in [6, 6.07) is 10.9. The van der Waals surface area contributed by atoms with Gasteiger partial charge in [-0.15, -0.1) is 0 Å². The number of rotatable bonds is 10. The molecule has 1 atom stereocenters. The Morgan fingerprint density at radius 2 is 1.94 bits per heavy atom. The van der Waals surface area contributed by atoms with E-state index in [0.29, 0.717) is 39.7 Å². The topological polar surface area (TPSA) is 98.4 Å². The lowest BCUT2D eigenvalue weighted by molar-refractivity contribution is -0.130. The molecule has 1 aliphatic heterocycles. The molecule has 0 spiro atoms. The van der Waals surface area contributed by atoms with Crippen LogP contribution in [0.5, 0.6) is 11.5 Å². The first-order valence-electron chi connectivity index (χ1n) is 11.6. The van der Waals surface area contributed by atoms with E-state index in [9.17, 15) is 14.7 Å². The number of halogens is 1. The maximum Gasteiger partial charge on any atom is 0.290 e. The molecule has 0 bridgehead atoms. The molecule has 0 saturated carbocycles. The third-order valence-corrected chi connectivity index (χ3v) is 5.97. The number of aliphatic hydroxyl groups is 1. The monoisotopic (exact) mass is 513 g/mol. The molecule has 1 aliphatic rings. The van der Waals surface area contributed by atoms with Crippen molar-refractivity contribution in [1.29, 1.82) is 0 Å². The lowest BCUT2D eigenvalue weighted by Gasteiger charge is -2.27. The summed E-state index contributed by atoms with van der Waals surface area (Å²) in [5.74, 6) is -0.887. The van der Waals surface area contributed by atoms with Gasteiger partial charge in [-0.05, 0) is 62.7 Å². The van der Waals surface area contributed by atoms with E-state index in [1.165, 1.54) is 12.0 Å². The number of aliphatic hydroxyl groups excluding tert-OH is 1. The standard InChI is InChI=1S/C27H28ClNO7/c1-5-34-21-13-16(6-8-20(21)35-15(2)3)24-23(26(31)27(32)29(24)10-11-33-4)25(30)22-14-17-12-18(28)7-9-19(17)36-22/h6-9,12-15,24,31H,5,10-11H2,1-4H3. The predicted molar refractivity (Wildman–Crippen MR) is 135 cm³/mol. The Balaban J connectivity index is 1.81. The molecular weight excluding hydrogens is 486 g/mol.